The number of carbonyl (C=O) groups excluding carboxylic acids is 1. The van der Waals surface area contributed by atoms with Crippen molar-refractivity contribution in [3.05, 3.63) is 41.9 Å². The van der Waals surface area contributed by atoms with Crippen LogP contribution in [0.3, 0.4) is 0 Å². The molecule has 3 nitrogen and oxygen atoms in total. The summed E-state index contributed by atoms with van der Waals surface area (Å²) in [7, 11) is 0. The highest BCUT2D eigenvalue weighted by molar-refractivity contribution is 5.99. The number of benzene rings is 1. The van der Waals surface area contributed by atoms with Crippen LogP contribution in [0, 0.1) is 5.82 Å². The van der Waals surface area contributed by atoms with Crippen molar-refractivity contribution in [3.8, 4) is 0 Å². The predicted molar refractivity (Wildman–Crippen MR) is 69.6 cm³/mol. The van der Waals surface area contributed by atoms with Crippen molar-refractivity contribution in [1.82, 2.24) is 4.90 Å². The summed E-state index contributed by atoms with van der Waals surface area (Å²) in [5, 5.41) is 2.71. The lowest BCUT2D eigenvalue weighted by Gasteiger charge is -2.17. The van der Waals surface area contributed by atoms with Gasteiger partial charge in [-0.1, -0.05) is 0 Å². The highest BCUT2D eigenvalue weighted by atomic mass is 19.1. The number of halogens is 1. The van der Waals surface area contributed by atoms with Gasteiger partial charge in [0.15, 0.2) is 0 Å². The van der Waals surface area contributed by atoms with Gasteiger partial charge in [-0.05, 0) is 44.0 Å². The molecule has 0 aliphatic carbocycles. The summed E-state index contributed by atoms with van der Waals surface area (Å²) >= 11 is 0. The van der Waals surface area contributed by atoms with E-state index >= 15 is 0 Å². The van der Waals surface area contributed by atoms with Crippen LogP contribution >= 0.6 is 0 Å². The molecule has 96 valence electrons. The Balaban J connectivity index is 1.95. The van der Waals surface area contributed by atoms with Crippen LogP contribution in [0.5, 0.6) is 0 Å². The van der Waals surface area contributed by atoms with Gasteiger partial charge in [-0.3, -0.25) is 4.79 Å². The predicted octanol–water partition coefficient (Wildman–Crippen LogP) is 2.76. The largest absolute Gasteiger partial charge is 0.375 e. The molecule has 0 unspecified atom stereocenters. The SMILES string of the molecule is C/C(=C/C(=O)Nc1ccc(F)cc1)N1CCCC1. The smallest absolute Gasteiger partial charge is 0.250 e. The van der Waals surface area contributed by atoms with Crippen LogP contribution in [0.1, 0.15) is 19.8 Å². The Morgan fingerprint density at radius 2 is 1.89 bits per heavy atom. The summed E-state index contributed by atoms with van der Waals surface area (Å²) in [6.45, 7) is 3.98. The summed E-state index contributed by atoms with van der Waals surface area (Å²) < 4.78 is 12.7. The molecule has 1 aromatic carbocycles. The summed E-state index contributed by atoms with van der Waals surface area (Å²) in [5.74, 6) is -0.484. The molecular formula is C14H17FN2O. The van der Waals surface area contributed by atoms with Crippen molar-refractivity contribution in [3.63, 3.8) is 0 Å². The molecule has 4 heteroatoms. The van der Waals surface area contributed by atoms with E-state index in [-0.39, 0.29) is 11.7 Å². The van der Waals surface area contributed by atoms with Crippen LogP contribution in [0.15, 0.2) is 36.0 Å². The Labute approximate surface area is 106 Å². The van der Waals surface area contributed by atoms with Crippen LogP contribution in [-0.4, -0.2) is 23.9 Å². The van der Waals surface area contributed by atoms with E-state index in [2.05, 4.69) is 10.2 Å². The van der Waals surface area contributed by atoms with Crippen LogP contribution in [-0.2, 0) is 4.79 Å². The monoisotopic (exact) mass is 248 g/mol. The second-order valence-electron chi connectivity index (χ2n) is 4.48. The zero-order chi connectivity index (χ0) is 13.0. The second-order valence-corrected chi connectivity index (χ2v) is 4.48. The molecule has 0 aromatic heterocycles. The molecule has 1 amide bonds. The average Bonchev–Trinajstić information content (AvgIpc) is 2.85. The number of nitrogens with zero attached hydrogens (tertiary/aromatic N) is 1. The quantitative estimate of drug-likeness (QED) is 0.834. The number of carbonyl (C=O) groups is 1. The van der Waals surface area contributed by atoms with Gasteiger partial charge in [-0.2, -0.15) is 0 Å². The maximum absolute atomic E-state index is 12.7. The third kappa shape index (κ3) is 3.32. The normalized spacial score (nSPS) is 15.9. The molecule has 18 heavy (non-hydrogen) atoms. The molecule has 1 heterocycles. The summed E-state index contributed by atoms with van der Waals surface area (Å²) in [6.07, 6.45) is 3.96. The molecule has 0 saturated carbocycles. The maximum Gasteiger partial charge on any atom is 0.250 e. The molecule has 1 fully saturated rings. The molecule has 1 aromatic rings. The number of allylic oxidation sites excluding steroid dienone is 1. The fourth-order valence-electron chi connectivity index (χ4n) is 2.06. The van der Waals surface area contributed by atoms with E-state index in [0.717, 1.165) is 18.8 Å². The first-order valence-corrected chi connectivity index (χ1v) is 6.15. The first kappa shape index (κ1) is 12.6. The highest BCUT2D eigenvalue weighted by Crippen LogP contribution is 2.14. The number of amides is 1. The van der Waals surface area contributed by atoms with Crippen molar-refractivity contribution in [2.45, 2.75) is 19.8 Å². The number of likely N-dealkylation sites (tertiary alicyclic amines) is 1. The first-order chi connectivity index (χ1) is 8.65. The van der Waals surface area contributed by atoms with Gasteiger partial charge in [0.2, 0.25) is 5.91 Å². The summed E-state index contributed by atoms with van der Waals surface area (Å²) in [6, 6.07) is 5.75. The Kier molecular flexibility index (Phi) is 3.97. The minimum Gasteiger partial charge on any atom is -0.375 e. The van der Waals surface area contributed by atoms with Crippen molar-refractivity contribution in [2.75, 3.05) is 18.4 Å². The van der Waals surface area contributed by atoms with Crippen molar-refractivity contribution in [2.24, 2.45) is 0 Å². The molecule has 0 atom stereocenters. The topological polar surface area (TPSA) is 32.3 Å². The first-order valence-electron chi connectivity index (χ1n) is 6.15. The number of nitrogens with one attached hydrogen (secondary N) is 1. The van der Waals surface area contributed by atoms with E-state index in [0.29, 0.717) is 5.69 Å². The van der Waals surface area contributed by atoms with E-state index in [9.17, 15) is 9.18 Å². The van der Waals surface area contributed by atoms with E-state index in [1.54, 1.807) is 18.2 Å². The van der Waals surface area contributed by atoms with E-state index in [1.165, 1.54) is 25.0 Å². The number of hydrogen-bond donors (Lipinski definition) is 1. The molecule has 1 saturated heterocycles. The summed E-state index contributed by atoms with van der Waals surface area (Å²) in [5.41, 5.74) is 1.58. The molecule has 0 bridgehead atoms. The lowest BCUT2D eigenvalue weighted by Crippen LogP contribution is -2.19. The molecular weight excluding hydrogens is 231 g/mol. The molecule has 0 radical (unpaired) electrons. The fraction of sp³-hybridized carbons (Fsp3) is 0.357. The highest BCUT2D eigenvalue weighted by Gasteiger charge is 2.12. The summed E-state index contributed by atoms with van der Waals surface area (Å²) in [4.78, 5) is 14.0. The van der Waals surface area contributed by atoms with Crippen LogP contribution < -0.4 is 5.32 Å². The van der Waals surface area contributed by atoms with Crippen molar-refractivity contribution in [1.29, 1.82) is 0 Å². The third-order valence-electron chi connectivity index (χ3n) is 3.06. The number of hydrogen-bond acceptors (Lipinski definition) is 2. The van der Waals surface area contributed by atoms with Gasteiger partial charge < -0.3 is 10.2 Å². The van der Waals surface area contributed by atoms with Crippen LogP contribution in [0.2, 0.25) is 0 Å². The Morgan fingerprint density at radius 1 is 1.28 bits per heavy atom. The Morgan fingerprint density at radius 3 is 2.50 bits per heavy atom. The lowest BCUT2D eigenvalue weighted by molar-refractivity contribution is -0.112. The third-order valence-corrected chi connectivity index (χ3v) is 3.06. The average molecular weight is 248 g/mol. The van der Waals surface area contributed by atoms with Gasteiger partial charge in [0.1, 0.15) is 5.82 Å². The minimum atomic E-state index is -0.309. The molecule has 1 N–H and O–H groups in total. The van der Waals surface area contributed by atoms with Gasteiger partial charge in [0.05, 0.1) is 0 Å². The molecule has 2 rings (SSSR count). The van der Waals surface area contributed by atoms with Gasteiger partial charge in [0.25, 0.3) is 0 Å². The van der Waals surface area contributed by atoms with Gasteiger partial charge in [0, 0.05) is 30.5 Å². The van der Waals surface area contributed by atoms with Crippen molar-refractivity contribution < 1.29 is 9.18 Å². The molecule has 0 spiro atoms. The van der Waals surface area contributed by atoms with Crippen molar-refractivity contribution >= 4 is 11.6 Å². The molecule has 1 aliphatic rings. The van der Waals surface area contributed by atoms with E-state index < -0.39 is 0 Å². The standard InChI is InChI=1S/C14H17FN2O/c1-11(17-8-2-3-9-17)10-14(18)16-13-6-4-12(15)5-7-13/h4-7,10H,2-3,8-9H2,1H3,(H,16,18)/b11-10-. The second kappa shape index (κ2) is 5.67. The Hall–Kier alpha value is -1.84. The fourth-order valence-corrected chi connectivity index (χ4v) is 2.06. The van der Waals surface area contributed by atoms with Gasteiger partial charge >= 0.3 is 0 Å². The van der Waals surface area contributed by atoms with Crippen LogP contribution in [0.4, 0.5) is 10.1 Å². The van der Waals surface area contributed by atoms with E-state index in [4.69, 9.17) is 0 Å². The number of anilines is 1. The zero-order valence-corrected chi connectivity index (χ0v) is 10.4. The zero-order valence-electron chi connectivity index (χ0n) is 10.4. The van der Waals surface area contributed by atoms with Gasteiger partial charge in [-0.25, -0.2) is 4.39 Å². The molecule has 1 aliphatic heterocycles. The lowest BCUT2D eigenvalue weighted by atomic mass is 10.3. The maximum atomic E-state index is 12.7. The minimum absolute atomic E-state index is 0.175. The number of rotatable bonds is 3. The Bertz CT molecular complexity index is 447. The van der Waals surface area contributed by atoms with Crippen LogP contribution in [0.25, 0.3) is 0 Å². The van der Waals surface area contributed by atoms with Gasteiger partial charge in [-0.15, -0.1) is 0 Å². The van der Waals surface area contributed by atoms with E-state index in [1.807, 2.05) is 6.92 Å².